The highest BCUT2D eigenvalue weighted by atomic mass is 16.5. The van der Waals surface area contributed by atoms with E-state index in [4.69, 9.17) is 4.74 Å². The second-order valence-electron chi connectivity index (χ2n) is 7.24. The lowest BCUT2D eigenvalue weighted by atomic mass is 9.98. The van der Waals surface area contributed by atoms with Crippen LogP contribution in [0.1, 0.15) is 42.0 Å². The lowest BCUT2D eigenvalue weighted by molar-refractivity contribution is -0.123. The summed E-state index contributed by atoms with van der Waals surface area (Å²) < 4.78 is 7.67. The van der Waals surface area contributed by atoms with Gasteiger partial charge in [0.2, 0.25) is 0 Å². The fraction of sp³-hybridized carbons (Fsp3) is 0.304. The van der Waals surface area contributed by atoms with Crippen LogP contribution in [0.15, 0.2) is 61.2 Å². The van der Waals surface area contributed by atoms with E-state index < -0.39 is 0 Å². The number of nitrogens with one attached hydrogen (secondary N) is 1. The van der Waals surface area contributed by atoms with Crippen molar-refractivity contribution >= 4 is 5.91 Å². The van der Waals surface area contributed by atoms with Gasteiger partial charge < -0.3 is 14.6 Å². The molecule has 1 amide bonds. The van der Waals surface area contributed by atoms with Crippen molar-refractivity contribution in [2.75, 3.05) is 6.61 Å². The number of nitrogens with zero attached hydrogens (tertiary/aromatic N) is 2. The molecule has 0 atom stereocenters. The van der Waals surface area contributed by atoms with E-state index in [2.05, 4.69) is 43.2 Å². The molecular weight excluding hydrogens is 350 g/mol. The summed E-state index contributed by atoms with van der Waals surface area (Å²) in [6.45, 7) is 7.61. The number of aryl methyl sites for hydroxylation is 1. The molecule has 0 spiro atoms. The zero-order chi connectivity index (χ0) is 19.9. The first-order valence-corrected chi connectivity index (χ1v) is 9.55. The minimum atomic E-state index is -0.136. The Morgan fingerprint density at radius 3 is 2.64 bits per heavy atom. The molecule has 5 heteroatoms. The van der Waals surface area contributed by atoms with Crippen molar-refractivity contribution in [3.8, 4) is 5.75 Å². The number of ether oxygens (including phenoxy) is 1. The molecule has 1 aromatic heterocycles. The molecule has 0 aliphatic carbocycles. The minimum Gasteiger partial charge on any atom is -0.484 e. The Kier molecular flexibility index (Phi) is 6.48. The summed E-state index contributed by atoms with van der Waals surface area (Å²) >= 11 is 0. The van der Waals surface area contributed by atoms with Gasteiger partial charge in [-0.2, -0.15) is 0 Å². The third-order valence-corrected chi connectivity index (χ3v) is 4.74. The Labute approximate surface area is 166 Å². The molecule has 0 bridgehead atoms. The number of imidazole rings is 1. The fourth-order valence-corrected chi connectivity index (χ4v) is 3.24. The summed E-state index contributed by atoms with van der Waals surface area (Å²) in [5, 5.41) is 2.94. The molecule has 5 nitrogen and oxygen atoms in total. The topological polar surface area (TPSA) is 56.1 Å². The molecule has 2 aromatic carbocycles. The van der Waals surface area contributed by atoms with Crippen molar-refractivity contribution in [2.45, 2.75) is 39.8 Å². The van der Waals surface area contributed by atoms with Crippen molar-refractivity contribution in [1.82, 2.24) is 14.9 Å². The molecule has 0 saturated carbocycles. The van der Waals surface area contributed by atoms with Gasteiger partial charge in [-0.05, 0) is 47.2 Å². The highest BCUT2D eigenvalue weighted by Gasteiger charge is 2.08. The van der Waals surface area contributed by atoms with E-state index in [1.54, 1.807) is 12.5 Å². The zero-order valence-electron chi connectivity index (χ0n) is 16.7. The largest absolute Gasteiger partial charge is 0.484 e. The number of hydrogen-bond donors (Lipinski definition) is 1. The number of amides is 1. The van der Waals surface area contributed by atoms with Crippen LogP contribution < -0.4 is 10.1 Å². The summed E-state index contributed by atoms with van der Waals surface area (Å²) in [7, 11) is 0. The molecule has 0 radical (unpaired) electrons. The number of carbonyl (C=O) groups is 1. The zero-order valence-corrected chi connectivity index (χ0v) is 16.7. The molecule has 0 saturated heterocycles. The Morgan fingerprint density at radius 2 is 1.96 bits per heavy atom. The molecule has 28 heavy (non-hydrogen) atoms. The van der Waals surface area contributed by atoms with Gasteiger partial charge in [0.15, 0.2) is 6.61 Å². The molecule has 1 heterocycles. The maximum Gasteiger partial charge on any atom is 0.258 e. The van der Waals surface area contributed by atoms with Crippen LogP contribution in [0, 0.1) is 6.92 Å². The van der Waals surface area contributed by atoms with E-state index >= 15 is 0 Å². The van der Waals surface area contributed by atoms with Crippen LogP contribution in [0.3, 0.4) is 0 Å². The van der Waals surface area contributed by atoms with Gasteiger partial charge in [-0.15, -0.1) is 0 Å². The third-order valence-electron chi connectivity index (χ3n) is 4.74. The van der Waals surface area contributed by atoms with Crippen LogP contribution in [0.4, 0.5) is 0 Å². The second-order valence-corrected chi connectivity index (χ2v) is 7.24. The van der Waals surface area contributed by atoms with Crippen molar-refractivity contribution in [3.05, 3.63) is 83.4 Å². The first-order chi connectivity index (χ1) is 13.5. The van der Waals surface area contributed by atoms with Crippen LogP contribution in [0.5, 0.6) is 5.75 Å². The summed E-state index contributed by atoms with van der Waals surface area (Å²) in [6, 6.07) is 14.1. The molecule has 146 valence electrons. The molecule has 3 rings (SSSR count). The molecule has 0 aliphatic rings. The second kappa shape index (κ2) is 9.22. The molecule has 1 N–H and O–H groups in total. The highest BCUT2D eigenvalue weighted by Crippen LogP contribution is 2.23. The van der Waals surface area contributed by atoms with Crippen molar-refractivity contribution in [2.24, 2.45) is 0 Å². The normalized spacial score (nSPS) is 10.9. The van der Waals surface area contributed by atoms with Crippen molar-refractivity contribution < 1.29 is 9.53 Å². The predicted molar refractivity (Wildman–Crippen MR) is 110 cm³/mol. The van der Waals surface area contributed by atoms with E-state index in [9.17, 15) is 4.79 Å². The quantitative estimate of drug-likeness (QED) is 0.644. The molecule has 0 unspecified atom stereocenters. The Morgan fingerprint density at radius 1 is 1.18 bits per heavy atom. The van der Waals surface area contributed by atoms with Gasteiger partial charge in [0, 0.05) is 25.5 Å². The van der Waals surface area contributed by atoms with Crippen LogP contribution in [0.2, 0.25) is 0 Å². The number of hydrogen-bond acceptors (Lipinski definition) is 3. The van der Waals surface area contributed by atoms with Gasteiger partial charge in [0.1, 0.15) is 5.75 Å². The first kappa shape index (κ1) is 19.7. The van der Waals surface area contributed by atoms with E-state index in [0.29, 0.717) is 12.5 Å². The predicted octanol–water partition coefficient (Wildman–Crippen LogP) is 4.06. The molecule has 0 aliphatic heterocycles. The lowest BCUT2D eigenvalue weighted by Crippen LogP contribution is -2.28. The summed E-state index contributed by atoms with van der Waals surface area (Å²) in [4.78, 5) is 16.3. The molecule has 3 aromatic rings. The van der Waals surface area contributed by atoms with E-state index in [0.717, 1.165) is 23.4 Å². The van der Waals surface area contributed by atoms with Gasteiger partial charge in [-0.3, -0.25) is 4.79 Å². The van der Waals surface area contributed by atoms with Crippen molar-refractivity contribution in [1.29, 1.82) is 0 Å². The number of aromatic nitrogens is 2. The Hall–Kier alpha value is -3.08. The monoisotopic (exact) mass is 377 g/mol. The van der Waals surface area contributed by atoms with Gasteiger partial charge in [-0.1, -0.05) is 44.2 Å². The fourth-order valence-electron chi connectivity index (χ4n) is 3.24. The smallest absolute Gasteiger partial charge is 0.258 e. The summed E-state index contributed by atoms with van der Waals surface area (Å²) in [5.74, 6) is 1.06. The van der Waals surface area contributed by atoms with Crippen LogP contribution in [-0.4, -0.2) is 22.1 Å². The van der Waals surface area contributed by atoms with Crippen LogP contribution >= 0.6 is 0 Å². The van der Waals surface area contributed by atoms with Gasteiger partial charge in [-0.25, -0.2) is 4.98 Å². The van der Waals surface area contributed by atoms with E-state index in [-0.39, 0.29) is 12.5 Å². The van der Waals surface area contributed by atoms with Gasteiger partial charge in [0.25, 0.3) is 5.91 Å². The lowest BCUT2D eigenvalue weighted by Gasteiger charge is -2.13. The van der Waals surface area contributed by atoms with E-state index in [1.807, 2.05) is 41.1 Å². The van der Waals surface area contributed by atoms with E-state index in [1.165, 1.54) is 11.1 Å². The van der Waals surface area contributed by atoms with Crippen molar-refractivity contribution in [3.63, 3.8) is 0 Å². The maximum absolute atomic E-state index is 12.2. The van der Waals surface area contributed by atoms with Gasteiger partial charge >= 0.3 is 0 Å². The number of carbonyl (C=O) groups excluding carboxylic acids is 1. The maximum atomic E-state index is 12.2. The number of benzene rings is 2. The van der Waals surface area contributed by atoms with Crippen LogP contribution in [-0.2, 0) is 17.9 Å². The SMILES string of the molecule is Cc1cc(OCC(=O)NCc2ccccc2Cn2ccnc2)ccc1C(C)C. The third kappa shape index (κ3) is 5.22. The molecular formula is C23H27N3O2. The highest BCUT2D eigenvalue weighted by molar-refractivity contribution is 5.77. The summed E-state index contributed by atoms with van der Waals surface area (Å²) in [6.07, 6.45) is 5.47. The minimum absolute atomic E-state index is 0.00412. The van der Waals surface area contributed by atoms with Crippen LogP contribution in [0.25, 0.3) is 0 Å². The average Bonchev–Trinajstić information content (AvgIpc) is 3.18. The standard InChI is InChI=1S/C23H27N3O2/c1-17(2)22-9-8-21(12-18(22)3)28-15-23(27)25-13-19-6-4-5-7-20(19)14-26-11-10-24-16-26/h4-12,16-17H,13-15H2,1-3H3,(H,25,27). The number of rotatable bonds is 8. The first-order valence-electron chi connectivity index (χ1n) is 9.55. The average molecular weight is 377 g/mol. The van der Waals surface area contributed by atoms with Gasteiger partial charge in [0.05, 0.1) is 6.33 Å². The summed E-state index contributed by atoms with van der Waals surface area (Å²) in [5.41, 5.74) is 4.72. The molecule has 0 fully saturated rings. The Balaban J connectivity index is 1.53. The Bertz CT molecular complexity index is 917.